The molecule has 8 aromatic carbocycles. The summed E-state index contributed by atoms with van der Waals surface area (Å²) < 4.78 is 0. The van der Waals surface area contributed by atoms with Gasteiger partial charge in [-0.05, 0) is 61.3 Å². The third kappa shape index (κ3) is 5.01. The van der Waals surface area contributed by atoms with Crippen LogP contribution in [0.25, 0.3) is 67.2 Å². The summed E-state index contributed by atoms with van der Waals surface area (Å²) in [4.78, 5) is 15.7. The van der Waals surface area contributed by atoms with Crippen LogP contribution in [0, 0.1) is 0 Å². The fourth-order valence-corrected chi connectivity index (χ4v) is 8.31. The highest BCUT2D eigenvalue weighted by Crippen LogP contribution is 2.59. The quantitative estimate of drug-likeness (QED) is 0.176. The van der Waals surface area contributed by atoms with E-state index in [1.807, 2.05) is 24.3 Å². The van der Waals surface area contributed by atoms with Crippen molar-refractivity contribution < 1.29 is 0 Å². The summed E-state index contributed by atoms with van der Waals surface area (Å²) in [7, 11) is 0. The highest BCUT2D eigenvalue weighted by atomic mass is 15.0. The Morgan fingerprint density at radius 1 is 0.340 bits per heavy atom. The lowest BCUT2D eigenvalue weighted by atomic mass is 9.66. The zero-order valence-electron chi connectivity index (χ0n) is 28.9. The highest BCUT2D eigenvalue weighted by Gasteiger charge is 2.48. The van der Waals surface area contributed by atoms with Gasteiger partial charge in [-0.1, -0.05) is 194 Å². The molecule has 248 valence electrons. The molecule has 3 heteroatoms. The molecule has 53 heavy (non-hydrogen) atoms. The first-order valence-corrected chi connectivity index (χ1v) is 18.0. The van der Waals surface area contributed by atoms with Gasteiger partial charge in [0.2, 0.25) is 0 Å². The fourth-order valence-electron chi connectivity index (χ4n) is 8.31. The van der Waals surface area contributed by atoms with Crippen molar-refractivity contribution in [1.82, 2.24) is 15.0 Å². The molecule has 10 rings (SSSR count). The highest BCUT2D eigenvalue weighted by molar-refractivity contribution is 6.03. The van der Waals surface area contributed by atoms with E-state index in [1.54, 1.807) is 0 Å². The Morgan fingerprint density at radius 3 is 1.57 bits per heavy atom. The minimum Gasteiger partial charge on any atom is -0.208 e. The Kier molecular flexibility index (Phi) is 7.36. The SMILES string of the molecule is c1ccc(-c2cccc(-c3nc(-c4ccccc4)nc(-c4cccc5c4-c4ccc6ccccc6c4C5(c4ccccc4)c4ccccc4)n3)c2)cc1. The normalized spacial score (nSPS) is 12.7. The molecule has 0 saturated heterocycles. The van der Waals surface area contributed by atoms with Gasteiger partial charge in [-0.3, -0.25) is 0 Å². The summed E-state index contributed by atoms with van der Waals surface area (Å²) in [6.45, 7) is 0. The molecule has 3 nitrogen and oxygen atoms in total. The van der Waals surface area contributed by atoms with E-state index in [2.05, 4.69) is 176 Å². The number of hydrogen-bond acceptors (Lipinski definition) is 3. The van der Waals surface area contributed by atoms with E-state index in [9.17, 15) is 0 Å². The van der Waals surface area contributed by atoms with E-state index in [1.165, 1.54) is 38.6 Å². The maximum atomic E-state index is 5.32. The molecule has 1 aromatic heterocycles. The lowest BCUT2D eigenvalue weighted by Crippen LogP contribution is -2.28. The van der Waals surface area contributed by atoms with Crippen LogP contribution in [-0.2, 0) is 5.41 Å². The summed E-state index contributed by atoms with van der Waals surface area (Å²) in [5.74, 6) is 1.92. The van der Waals surface area contributed by atoms with Crippen LogP contribution in [0.1, 0.15) is 22.3 Å². The maximum Gasteiger partial charge on any atom is 0.164 e. The molecule has 0 saturated carbocycles. The van der Waals surface area contributed by atoms with Crippen molar-refractivity contribution in [1.29, 1.82) is 0 Å². The second-order valence-corrected chi connectivity index (χ2v) is 13.5. The lowest BCUT2D eigenvalue weighted by molar-refractivity contribution is 0.775. The molecule has 0 unspecified atom stereocenters. The molecule has 0 aliphatic heterocycles. The average Bonchev–Trinajstić information content (AvgIpc) is 3.57. The van der Waals surface area contributed by atoms with Crippen LogP contribution in [0.4, 0.5) is 0 Å². The molecular formula is C50H33N3. The Hall–Kier alpha value is -6.97. The second-order valence-electron chi connectivity index (χ2n) is 13.5. The zero-order chi connectivity index (χ0) is 35.2. The van der Waals surface area contributed by atoms with E-state index >= 15 is 0 Å². The topological polar surface area (TPSA) is 38.7 Å². The molecule has 1 aliphatic carbocycles. The predicted molar refractivity (Wildman–Crippen MR) is 216 cm³/mol. The van der Waals surface area contributed by atoms with E-state index < -0.39 is 5.41 Å². The Bertz CT molecular complexity index is 2720. The largest absolute Gasteiger partial charge is 0.208 e. The van der Waals surface area contributed by atoms with Gasteiger partial charge in [-0.2, -0.15) is 0 Å². The average molecular weight is 676 g/mol. The standard InChI is InChI=1S/C50H33N3/c1-5-17-34(18-6-1)37-22-15-23-38(33-37)48-51-47(36-20-7-2-8-21-36)52-49(53-48)43-29-16-30-44-45(43)42-32-31-35-19-13-14-28-41(35)46(42)50(44,39-24-9-3-10-25-39)40-26-11-4-12-27-40/h1-33H. The molecule has 0 amide bonds. The van der Waals surface area contributed by atoms with Crippen molar-refractivity contribution in [3.63, 3.8) is 0 Å². The first-order chi connectivity index (χ1) is 26.3. The molecule has 0 radical (unpaired) electrons. The molecule has 0 atom stereocenters. The Balaban J connectivity index is 1.28. The second kappa shape index (κ2) is 12.7. The lowest BCUT2D eigenvalue weighted by Gasteiger charge is -2.34. The summed E-state index contributed by atoms with van der Waals surface area (Å²) in [6.07, 6.45) is 0. The van der Waals surface area contributed by atoms with E-state index in [-0.39, 0.29) is 0 Å². The number of hydrogen-bond donors (Lipinski definition) is 0. The van der Waals surface area contributed by atoms with E-state index in [4.69, 9.17) is 15.0 Å². The smallest absolute Gasteiger partial charge is 0.164 e. The van der Waals surface area contributed by atoms with Gasteiger partial charge in [0.1, 0.15) is 0 Å². The molecule has 0 N–H and O–H groups in total. The first-order valence-electron chi connectivity index (χ1n) is 18.0. The monoisotopic (exact) mass is 675 g/mol. The van der Waals surface area contributed by atoms with Gasteiger partial charge >= 0.3 is 0 Å². The van der Waals surface area contributed by atoms with Gasteiger partial charge in [-0.25, -0.2) is 15.0 Å². The van der Waals surface area contributed by atoms with Gasteiger partial charge in [0.05, 0.1) is 5.41 Å². The molecule has 0 bridgehead atoms. The van der Waals surface area contributed by atoms with Crippen LogP contribution < -0.4 is 0 Å². The van der Waals surface area contributed by atoms with Crippen molar-refractivity contribution >= 4 is 10.8 Å². The van der Waals surface area contributed by atoms with E-state index in [0.717, 1.165) is 33.4 Å². The minimum atomic E-state index is -0.577. The first kappa shape index (κ1) is 30.8. The summed E-state index contributed by atoms with van der Waals surface area (Å²) >= 11 is 0. The van der Waals surface area contributed by atoms with Crippen LogP contribution in [0.5, 0.6) is 0 Å². The van der Waals surface area contributed by atoms with Crippen LogP contribution in [0.3, 0.4) is 0 Å². The number of benzene rings is 8. The van der Waals surface area contributed by atoms with Crippen LogP contribution >= 0.6 is 0 Å². The Morgan fingerprint density at radius 2 is 0.868 bits per heavy atom. The number of nitrogens with zero attached hydrogens (tertiary/aromatic N) is 3. The van der Waals surface area contributed by atoms with Crippen molar-refractivity contribution in [2.45, 2.75) is 5.41 Å². The van der Waals surface area contributed by atoms with Crippen molar-refractivity contribution in [3.8, 4) is 56.4 Å². The third-order valence-corrected chi connectivity index (χ3v) is 10.6. The van der Waals surface area contributed by atoms with Crippen molar-refractivity contribution in [2.75, 3.05) is 0 Å². The van der Waals surface area contributed by atoms with Crippen molar-refractivity contribution in [3.05, 3.63) is 222 Å². The summed E-state index contributed by atoms with van der Waals surface area (Å²) in [5, 5.41) is 2.45. The third-order valence-electron chi connectivity index (χ3n) is 10.6. The fraction of sp³-hybridized carbons (Fsp3) is 0.0200. The number of fused-ring (bicyclic) bond motifs is 5. The maximum absolute atomic E-state index is 5.32. The molecule has 0 fully saturated rings. The van der Waals surface area contributed by atoms with Crippen LogP contribution in [-0.4, -0.2) is 15.0 Å². The molecule has 1 aliphatic rings. The van der Waals surface area contributed by atoms with Gasteiger partial charge < -0.3 is 0 Å². The molecule has 9 aromatic rings. The van der Waals surface area contributed by atoms with E-state index in [0.29, 0.717) is 17.5 Å². The van der Waals surface area contributed by atoms with Crippen LogP contribution in [0.2, 0.25) is 0 Å². The van der Waals surface area contributed by atoms with Gasteiger partial charge in [0, 0.05) is 16.7 Å². The van der Waals surface area contributed by atoms with Crippen LogP contribution in [0.15, 0.2) is 200 Å². The van der Waals surface area contributed by atoms with Gasteiger partial charge in [0.15, 0.2) is 17.5 Å². The predicted octanol–water partition coefficient (Wildman–Crippen LogP) is 12.1. The van der Waals surface area contributed by atoms with Crippen molar-refractivity contribution in [2.24, 2.45) is 0 Å². The number of rotatable bonds is 6. The van der Waals surface area contributed by atoms with Gasteiger partial charge in [-0.15, -0.1) is 0 Å². The summed E-state index contributed by atoms with van der Waals surface area (Å²) in [5.41, 5.74) is 11.8. The molecule has 1 heterocycles. The zero-order valence-corrected chi connectivity index (χ0v) is 28.9. The number of aromatic nitrogens is 3. The molecular weight excluding hydrogens is 643 g/mol. The molecule has 0 spiro atoms. The minimum absolute atomic E-state index is 0.577. The Labute approximate surface area is 309 Å². The summed E-state index contributed by atoms with van der Waals surface area (Å²) in [6, 6.07) is 71.0. The van der Waals surface area contributed by atoms with Gasteiger partial charge in [0.25, 0.3) is 0 Å².